The lowest BCUT2D eigenvalue weighted by Gasteiger charge is -2.44. The van der Waals surface area contributed by atoms with Crippen LogP contribution in [0.3, 0.4) is 0 Å². The van der Waals surface area contributed by atoms with Gasteiger partial charge in [-0.15, -0.1) is 0 Å². The summed E-state index contributed by atoms with van der Waals surface area (Å²) in [4.78, 5) is 32.8. The summed E-state index contributed by atoms with van der Waals surface area (Å²) in [6.07, 6.45) is 7.30. The van der Waals surface area contributed by atoms with E-state index in [1.165, 1.54) is 37.4 Å². The molecule has 0 radical (unpaired) electrons. The van der Waals surface area contributed by atoms with Crippen LogP contribution in [0.25, 0.3) is 21.7 Å². The predicted octanol–water partition coefficient (Wildman–Crippen LogP) is 4.36. The van der Waals surface area contributed by atoms with E-state index >= 15 is 0 Å². The van der Waals surface area contributed by atoms with Crippen molar-refractivity contribution in [3.63, 3.8) is 0 Å². The quantitative estimate of drug-likeness (QED) is 0.358. The van der Waals surface area contributed by atoms with Crippen LogP contribution in [0, 0.1) is 5.92 Å². The number of piperidine rings is 1. The Hall–Kier alpha value is -2.34. The first-order chi connectivity index (χ1) is 14.6. The number of hydrogen-bond donors (Lipinski definition) is 0. The number of aromatic nitrogens is 2. The van der Waals surface area contributed by atoms with Crippen LogP contribution in [0.4, 0.5) is 0 Å². The van der Waals surface area contributed by atoms with E-state index in [-0.39, 0.29) is 11.5 Å². The lowest BCUT2D eigenvalue weighted by atomic mass is 9.78. The van der Waals surface area contributed by atoms with Crippen molar-refractivity contribution in [2.45, 2.75) is 49.7 Å². The molecule has 0 spiro atoms. The summed E-state index contributed by atoms with van der Waals surface area (Å²) >= 11 is 1.38. The second-order valence-corrected chi connectivity index (χ2v) is 9.55. The third kappa shape index (κ3) is 3.51. The van der Waals surface area contributed by atoms with Crippen LogP contribution in [-0.4, -0.2) is 38.7 Å². The second kappa shape index (κ2) is 8.06. The van der Waals surface area contributed by atoms with Gasteiger partial charge in [-0.25, -0.2) is 4.98 Å². The van der Waals surface area contributed by atoms with Crippen LogP contribution in [0.5, 0.6) is 0 Å². The van der Waals surface area contributed by atoms with Crippen molar-refractivity contribution < 1.29 is 4.79 Å². The number of benzene rings is 2. The van der Waals surface area contributed by atoms with Gasteiger partial charge in [0, 0.05) is 19.6 Å². The standard InChI is InChI=1S/C24H27N3O2S/c1-26-23(29)19-13-17-8-2-3-9-18(17)14-20(19)25-24(26)30-15-22(28)27-12-6-10-16-7-4-5-11-21(16)27/h2-3,8-9,13-14,16,21H,4-7,10-12,15H2,1H3/t16-,21+/m1/s1. The van der Waals surface area contributed by atoms with E-state index in [4.69, 9.17) is 4.98 Å². The lowest BCUT2D eigenvalue weighted by Crippen LogP contribution is -2.50. The van der Waals surface area contributed by atoms with Gasteiger partial charge in [-0.3, -0.25) is 14.2 Å². The highest BCUT2D eigenvalue weighted by Gasteiger charge is 2.35. The molecule has 2 aromatic carbocycles. The Morgan fingerprint density at radius 3 is 2.67 bits per heavy atom. The van der Waals surface area contributed by atoms with Gasteiger partial charge in [0.15, 0.2) is 5.16 Å². The maximum Gasteiger partial charge on any atom is 0.261 e. The Morgan fingerprint density at radius 1 is 1.10 bits per heavy atom. The van der Waals surface area contributed by atoms with E-state index < -0.39 is 0 Å². The topological polar surface area (TPSA) is 55.2 Å². The molecule has 30 heavy (non-hydrogen) atoms. The van der Waals surface area contributed by atoms with Gasteiger partial charge in [0.1, 0.15) is 0 Å². The smallest absolute Gasteiger partial charge is 0.261 e. The highest BCUT2D eigenvalue weighted by Crippen LogP contribution is 2.35. The zero-order valence-electron chi connectivity index (χ0n) is 17.3. The van der Waals surface area contributed by atoms with E-state index in [9.17, 15) is 9.59 Å². The maximum absolute atomic E-state index is 13.1. The number of thioether (sulfide) groups is 1. The molecule has 0 N–H and O–H groups in total. The maximum atomic E-state index is 13.1. The Labute approximate surface area is 180 Å². The molecule has 2 fully saturated rings. The number of carbonyl (C=O) groups is 1. The number of nitrogens with zero attached hydrogens (tertiary/aromatic N) is 3. The third-order valence-electron chi connectivity index (χ3n) is 6.79. The fraction of sp³-hybridized carbons (Fsp3) is 0.458. The summed E-state index contributed by atoms with van der Waals surface area (Å²) in [5.74, 6) is 1.20. The van der Waals surface area contributed by atoms with Crippen molar-refractivity contribution in [3.05, 3.63) is 46.8 Å². The van der Waals surface area contributed by atoms with E-state index in [1.807, 2.05) is 36.4 Å². The SMILES string of the molecule is Cn1c(SCC(=O)N2CCC[C@H]3CCCC[C@@H]32)nc2cc3ccccc3cc2c1=O. The molecule has 5 nitrogen and oxygen atoms in total. The molecule has 3 aromatic rings. The first-order valence-electron chi connectivity index (χ1n) is 10.9. The highest BCUT2D eigenvalue weighted by molar-refractivity contribution is 7.99. The molecule has 1 saturated carbocycles. The fourth-order valence-electron chi connectivity index (χ4n) is 5.21. The Balaban J connectivity index is 1.39. The average Bonchev–Trinajstić information content (AvgIpc) is 2.79. The number of likely N-dealkylation sites (tertiary alicyclic amines) is 1. The molecule has 1 aliphatic carbocycles. The minimum absolute atomic E-state index is 0.0639. The molecule has 5 rings (SSSR count). The van der Waals surface area contributed by atoms with Crippen LogP contribution in [0.15, 0.2) is 46.3 Å². The van der Waals surface area contributed by atoms with Gasteiger partial charge in [0.05, 0.1) is 16.7 Å². The van der Waals surface area contributed by atoms with Crippen LogP contribution >= 0.6 is 11.8 Å². The Kier molecular flexibility index (Phi) is 5.27. The summed E-state index contributed by atoms with van der Waals surface area (Å²) in [6, 6.07) is 12.3. The van der Waals surface area contributed by atoms with E-state index in [0.29, 0.717) is 33.8 Å². The van der Waals surface area contributed by atoms with Crippen molar-refractivity contribution in [2.24, 2.45) is 13.0 Å². The predicted molar refractivity (Wildman–Crippen MR) is 122 cm³/mol. The number of rotatable bonds is 3. The van der Waals surface area contributed by atoms with Gasteiger partial charge in [0.25, 0.3) is 5.56 Å². The van der Waals surface area contributed by atoms with Crippen LogP contribution in [-0.2, 0) is 11.8 Å². The Bertz CT molecular complexity index is 1170. The number of fused-ring (bicyclic) bond motifs is 3. The Morgan fingerprint density at radius 2 is 1.83 bits per heavy atom. The minimum atomic E-state index is -0.0639. The highest BCUT2D eigenvalue weighted by atomic mass is 32.2. The zero-order chi connectivity index (χ0) is 20.7. The van der Waals surface area contributed by atoms with Gasteiger partial charge in [-0.2, -0.15) is 0 Å². The monoisotopic (exact) mass is 421 g/mol. The van der Waals surface area contributed by atoms with Crippen LogP contribution in [0.1, 0.15) is 38.5 Å². The molecule has 2 atom stereocenters. The molecule has 1 aliphatic heterocycles. The van der Waals surface area contributed by atoms with Crippen LogP contribution in [0.2, 0.25) is 0 Å². The van der Waals surface area contributed by atoms with Crippen molar-refractivity contribution in [3.8, 4) is 0 Å². The minimum Gasteiger partial charge on any atom is -0.339 e. The summed E-state index contributed by atoms with van der Waals surface area (Å²) in [6.45, 7) is 0.872. The van der Waals surface area contributed by atoms with Crippen LogP contribution < -0.4 is 5.56 Å². The molecular formula is C24H27N3O2S. The fourth-order valence-corrected chi connectivity index (χ4v) is 6.07. The molecule has 0 unspecified atom stereocenters. The van der Waals surface area contributed by atoms with Gasteiger partial charge in [-0.1, -0.05) is 48.9 Å². The molecule has 0 bridgehead atoms. The van der Waals surface area contributed by atoms with Gasteiger partial charge in [-0.05, 0) is 54.5 Å². The number of amides is 1. The van der Waals surface area contributed by atoms with Gasteiger partial charge in [0.2, 0.25) is 5.91 Å². The molecule has 1 aromatic heterocycles. The van der Waals surface area contributed by atoms with E-state index in [0.717, 1.165) is 30.2 Å². The van der Waals surface area contributed by atoms with Gasteiger partial charge < -0.3 is 4.90 Å². The molecule has 1 amide bonds. The molecule has 156 valence electrons. The third-order valence-corrected chi connectivity index (χ3v) is 7.81. The summed E-state index contributed by atoms with van der Waals surface area (Å²) in [5.41, 5.74) is 0.628. The second-order valence-electron chi connectivity index (χ2n) is 8.60. The summed E-state index contributed by atoms with van der Waals surface area (Å²) < 4.78 is 1.58. The summed E-state index contributed by atoms with van der Waals surface area (Å²) in [7, 11) is 1.74. The van der Waals surface area contributed by atoms with Gasteiger partial charge >= 0.3 is 0 Å². The molecular weight excluding hydrogens is 394 g/mol. The summed E-state index contributed by atoms with van der Waals surface area (Å²) in [5, 5.41) is 3.32. The normalized spacial score (nSPS) is 21.7. The molecule has 6 heteroatoms. The average molecular weight is 422 g/mol. The lowest BCUT2D eigenvalue weighted by molar-refractivity contribution is -0.134. The number of carbonyl (C=O) groups excluding carboxylic acids is 1. The van der Waals surface area contributed by atoms with Crippen molar-refractivity contribution in [1.82, 2.24) is 14.5 Å². The first-order valence-corrected chi connectivity index (χ1v) is 11.9. The van der Waals surface area contributed by atoms with Crippen molar-refractivity contribution >= 4 is 39.3 Å². The zero-order valence-corrected chi connectivity index (χ0v) is 18.2. The first kappa shape index (κ1) is 19.6. The van der Waals surface area contributed by atoms with Crippen molar-refractivity contribution in [2.75, 3.05) is 12.3 Å². The van der Waals surface area contributed by atoms with Crippen molar-refractivity contribution in [1.29, 1.82) is 0 Å². The molecule has 2 heterocycles. The number of hydrogen-bond acceptors (Lipinski definition) is 4. The largest absolute Gasteiger partial charge is 0.339 e. The molecule has 1 saturated heterocycles. The van der Waals surface area contributed by atoms with E-state index in [2.05, 4.69) is 4.90 Å². The molecule has 2 aliphatic rings. The van der Waals surface area contributed by atoms with E-state index in [1.54, 1.807) is 11.6 Å².